The maximum atomic E-state index is 13.0. The number of amides is 1. The Morgan fingerprint density at radius 3 is 2.16 bits per heavy atom. The van der Waals surface area contributed by atoms with Crippen LogP contribution in [0.5, 0.6) is 17.2 Å². The van der Waals surface area contributed by atoms with Crippen molar-refractivity contribution in [3.05, 3.63) is 41.7 Å². The second-order valence-electron chi connectivity index (χ2n) is 6.05. The first-order valence-electron chi connectivity index (χ1n) is 8.14. The van der Waals surface area contributed by atoms with E-state index in [0.29, 0.717) is 29.5 Å². The minimum atomic E-state index is -0.0284. The third-order valence-electron chi connectivity index (χ3n) is 4.17. The van der Waals surface area contributed by atoms with E-state index in [4.69, 9.17) is 14.2 Å². The van der Waals surface area contributed by atoms with Gasteiger partial charge in [-0.3, -0.25) is 4.79 Å². The molecule has 2 rings (SSSR count). The summed E-state index contributed by atoms with van der Waals surface area (Å²) in [4.78, 5) is 14.8. The molecule has 1 amide bonds. The van der Waals surface area contributed by atoms with Gasteiger partial charge in [-0.05, 0) is 32.0 Å². The van der Waals surface area contributed by atoms with Crippen molar-refractivity contribution in [1.82, 2.24) is 9.47 Å². The Hall–Kier alpha value is -2.63. The quantitative estimate of drug-likeness (QED) is 0.773. The molecule has 6 heteroatoms. The molecular formula is C19H26N2O4. The minimum Gasteiger partial charge on any atom is -0.496 e. The zero-order valence-corrected chi connectivity index (χ0v) is 15.7. The minimum absolute atomic E-state index is 0.0280. The number of aromatic nitrogens is 1. The summed E-state index contributed by atoms with van der Waals surface area (Å²) < 4.78 is 18.0. The summed E-state index contributed by atoms with van der Waals surface area (Å²) in [6.07, 6.45) is 1.86. The van der Waals surface area contributed by atoms with E-state index in [1.54, 1.807) is 32.3 Å². The third-order valence-corrected chi connectivity index (χ3v) is 4.17. The van der Waals surface area contributed by atoms with Crippen LogP contribution in [0.4, 0.5) is 0 Å². The summed E-state index contributed by atoms with van der Waals surface area (Å²) in [6, 6.07) is 7.34. The van der Waals surface area contributed by atoms with Crippen LogP contribution in [-0.4, -0.2) is 42.7 Å². The first-order valence-corrected chi connectivity index (χ1v) is 8.14. The molecule has 0 atom stereocenters. The number of hydrogen-bond acceptors (Lipinski definition) is 4. The Balaban J connectivity index is 2.40. The predicted octanol–water partition coefficient (Wildman–Crippen LogP) is 3.10. The van der Waals surface area contributed by atoms with Gasteiger partial charge in [-0.25, -0.2) is 0 Å². The molecule has 0 aliphatic heterocycles. The van der Waals surface area contributed by atoms with Crippen LogP contribution in [0.15, 0.2) is 30.5 Å². The van der Waals surface area contributed by atoms with Crippen molar-refractivity contribution in [3.8, 4) is 17.2 Å². The monoisotopic (exact) mass is 346 g/mol. The number of methoxy groups -OCH3 is 3. The molecule has 0 spiro atoms. The SMILES string of the molecule is COc1cc(OC)c(OC)cc1CN(C(=O)c1cccn1C)C(C)C. The van der Waals surface area contributed by atoms with Crippen molar-refractivity contribution in [2.24, 2.45) is 7.05 Å². The Kier molecular flexibility index (Phi) is 5.96. The maximum absolute atomic E-state index is 13.0. The van der Waals surface area contributed by atoms with E-state index in [1.165, 1.54) is 0 Å². The summed E-state index contributed by atoms with van der Waals surface area (Å²) >= 11 is 0. The van der Waals surface area contributed by atoms with E-state index in [-0.39, 0.29) is 11.9 Å². The van der Waals surface area contributed by atoms with Crippen LogP contribution in [0.25, 0.3) is 0 Å². The number of aryl methyl sites for hydroxylation is 1. The molecule has 0 saturated heterocycles. The number of rotatable bonds is 7. The molecule has 0 aliphatic carbocycles. The van der Waals surface area contributed by atoms with Gasteiger partial charge >= 0.3 is 0 Å². The molecule has 0 saturated carbocycles. The second kappa shape index (κ2) is 7.96. The van der Waals surface area contributed by atoms with E-state index < -0.39 is 0 Å². The fraction of sp³-hybridized carbons (Fsp3) is 0.421. The Bertz CT molecular complexity index is 737. The van der Waals surface area contributed by atoms with Crippen LogP contribution in [-0.2, 0) is 13.6 Å². The summed E-state index contributed by atoms with van der Waals surface area (Å²) in [6.45, 7) is 4.40. The lowest BCUT2D eigenvalue weighted by molar-refractivity contribution is 0.0679. The molecule has 0 radical (unpaired) electrons. The summed E-state index contributed by atoms with van der Waals surface area (Å²) in [5.74, 6) is 1.82. The van der Waals surface area contributed by atoms with Crippen LogP contribution in [0.2, 0.25) is 0 Å². The first kappa shape index (κ1) is 18.7. The van der Waals surface area contributed by atoms with E-state index in [9.17, 15) is 4.79 Å². The molecule has 2 aromatic rings. The lowest BCUT2D eigenvalue weighted by Gasteiger charge is -2.28. The molecular weight excluding hydrogens is 320 g/mol. The second-order valence-corrected chi connectivity index (χ2v) is 6.05. The molecule has 0 N–H and O–H groups in total. The van der Waals surface area contributed by atoms with Crippen LogP contribution in [0.1, 0.15) is 29.9 Å². The summed E-state index contributed by atoms with van der Waals surface area (Å²) in [5.41, 5.74) is 1.50. The zero-order chi connectivity index (χ0) is 18.6. The van der Waals surface area contributed by atoms with Crippen LogP contribution < -0.4 is 14.2 Å². The average molecular weight is 346 g/mol. The van der Waals surface area contributed by atoms with Gasteiger partial charge in [0, 0.05) is 30.9 Å². The van der Waals surface area contributed by atoms with Gasteiger partial charge in [0.05, 0.1) is 27.9 Å². The molecule has 6 nitrogen and oxygen atoms in total. The van der Waals surface area contributed by atoms with Gasteiger partial charge in [0.25, 0.3) is 5.91 Å². The maximum Gasteiger partial charge on any atom is 0.270 e. The number of carbonyl (C=O) groups excluding carboxylic acids is 1. The van der Waals surface area contributed by atoms with Crippen LogP contribution in [0.3, 0.4) is 0 Å². The van der Waals surface area contributed by atoms with Gasteiger partial charge in [-0.15, -0.1) is 0 Å². The van der Waals surface area contributed by atoms with Crippen LogP contribution in [0, 0.1) is 0 Å². The molecule has 0 fully saturated rings. The van der Waals surface area contributed by atoms with Crippen LogP contribution >= 0.6 is 0 Å². The van der Waals surface area contributed by atoms with Crippen molar-refractivity contribution < 1.29 is 19.0 Å². The van der Waals surface area contributed by atoms with Crippen molar-refractivity contribution in [2.75, 3.05) is 21.3 Å². The predicted molar refractivity (Wildman–Crippen MR) is 96.5 cm³/mol. The number of hydrogen-bond donors (Lipinski definition) is 0. The van der Waals surface area contributed by atoms with Gasteiger partial charge < -0.3 is 23.7 Å². The fourth-order valence-electron chi connectivity index (χ4n) is 2.72. The Labute approximate surface area is 148 Å². The normalized spacial score (nSPS) is 10.7. The van der Waals surface area contributed by atoms with E-state index >= 15 is 0 Å². The average Bonchev–Trinajstić information content (AvgIpc) is 3.03. The summed E-state index contributed by atoms with van der Waals surface area (Å²) in [5, 5.41) is 0. The summed E-state index contributed by atoms with van der Waals surface area (Å²) in [7, 11) is 6.63. The van der Waals surface area contributed by atoms with E-state index in [2.05, 4.69) is 0 Å². The number of nitrogens with zero attached hydrogens (tertiary/aromatic N) is 2. The highest BCUT2D eigenvalue weighted by atomic mass is 16.5. The lowest BCUT2D eigenvalue weighted by Crippen LogP contribution is -2.37. The topological polar surface area (TPSA) is 52.9 Å². The van der Waals surface area contributed by atoms with Crippen molar-refractivity contribution in [2.45, 2.75) is 26.4 Å². The Morgan fingerprint density at radius 1 is 1.08 bits per heavy atom. The van der Waals surface area contributed by atoms with Gasteiger partial charge in [0.2, 0.25) is 0 Å². The van der Waals surface area contributed by atoms with Crippen molar-refractivity contribution >= 4 is 5.91 Å². The molecule has 1 aromatic carbocycles. The highest BCUT2D eigenvalue weighted by Gasteiger charge is 2.23. The fourth-order valence-corrected chi connectivity index (χ4v) is 2.72. The molecule has 0 bridgehead atoms. The third kappa shape index (κ3) is 3.90. The van der Waals surface area contributed by atoms with Gasteiger partial charge in [0.1, 0.15) is 11.4 Å². The first-order chi connectivity index (χ1) is 11.9. The lowest BCUT2D eigenvalue weighted by atomic mass is 10.1. The highest BCUT2D eigenvalue weighted by molar-refractivity contribution is 5.93. The molecule has 0 unspecified atom stereocenters. The van der Waals surface area contributed by atoms with Gasteiger partial charge in [-0.2, -0.15) is 0 Å². The number of benzene rings is 1. The van der Waals surface area contributed by atoms with Crippen molar-refractivity contribution in [1.29, 1.82) is 0 Å². The molecule has 1 heterocycles. The van der Waals surface area contributed by atoms with Gasteiger partial charge in [-0.1, -0.05) is 0 Å². The number of carbonyl (C=O) groups is 1. The molecule has 25 heavy (non-hydrogen) atoms. The van der Waals surface area contributed by atoms with E-state index in [0.717, 1.165) is 5.56 Å². The number of ether oxygens (including phenoxy) is 3. The molecule has 0 aliphatic rings. The molecule has 1 aromatic heterocycles. The largest absolute Gasteiger partial charge is 0.496 e. The standard InChI is InChI=1S/C19H26N2O4/c1-13(2)21(19(22)15-8-7-9-20(15)3)12-14-10-17(24-5)18(25-6)11-16(14)23-4/h7-11,13H,12H2,1-6H3. The van der Waals surface area contributed by atoms with Crippen molar-refractivity contribution in [3.63, 3.8) is 0 Å². The van der Waals surface area contributed by atoms with E-state index in [1.807, 2.05) is 49.9 Å². The zero-order valence-electron chi connectivity index (χ0n) is 15.7. The Morgan fingerprint density at radius 2 is 1.68 bits per heavy atom. The van der Waals surface area contributed by atoms with Gasteiger partial charge in [0.15, 0.2) is 11.5 Å². The smallest absolute Gasteiger partial charge is 0.270 e. The molecule has 136 valence electrons. The highest BCUT2D eigenvalue weighted by Crippen LogP contribution is 2.35.